The van der Waals surface area contributed by atoms with E-state index in [0.29, 0.717) is 12.0 Å². The fraction of sp³-hybridized carbons (Fsp3) is 0.625. The van der Waals surface area contributed by atoms with Gasteiger partial charge >= 0.3 is 0 Å². The van der Waals surface area contributed by atoms with Crippen LogP contribution in [0.3, 0.4) is 0 Å². The first-order valence-electron chi connectivity index (χ1n) is 7.43. The van der Waals surface area contributed by atoms with Crippen LogP contribution >= 0.6 is 15.9 Å². The van der Waals surface area contributed by atoms with E-state index in [-0.39, 0.29) is 0 Å². The van der Waals surface area contributed by atoms with Crippen molar-refractivity contribution >= 4 is 21.6 Å². The van der Waals surface area contributed by atoms with Crippen molar-refractivity contribution in [3.05, 3.63) is 28.2 Å². The first-order chi connectivity index (χ1) is 9.52. The van der Waals surface area contributed by atoms with Crippen LogP contribution in [0, 0.1) is 5.92 Å². The Morgan fingerprint density at radius 2 is 2.10 bits per heavy atom. The second-order valence-corrected chi connectivity index (χ2v) is 6.83. The van der Waals surface area contributed by atoms with Crippen molar-refractivity contribution in [2.24, 2.45) is 5.92 Å². The number of nitrogens with one attached hydrogen (secondary N) is 1. The van der Waals surface area contributed by atoms with Crippen molar-refractivity contribution in [2.45, 2.75) is 26.4 Å². The molecule has 1 aromatic rings. The highest BCUT2D eigenvalue weighted by molar-refractivity contribution is 9.10. The Bertz CT molecular complexity index is 447. The molecule has 0 aliphatic carbocycles. The Morgan fingerprint density at radius 1 is 1.35 bits per heavy atom. The van der Waals surface area contributed by atoms with E-state index in [4.69, 9.17) is 0 Å². The van der Waals surface area contributed by atoms with Crippen LogP contribution in [0.5, 0.6) is 0 Å². The minimum Gasteiger partial charge on any atom is -0.369 e. The van der Waals surface area contributed by atoms with Crippen molar-refractivity contribution in [2.75, 3.05) is 38.6 Å². The first-order valence-corrected chi connectivity index (χ1v) is 8.22. The average molecular weight is 340 g/mol. The summed E-state index contributed by atoms with van der Waals surface area (Å²) in [5.74, 6) is 0.707. The lowest BCUT2D eigenvalue weighted by Crippen LogP contribution is -2.34. The van der Waals surface area contributed by atoms with Crippen molar-refractivity contribution in [1.82, 2.24) is 10.2 Å². The number of hydrogen-bond donors (Lipinski definition) is 1. The van der Waals surface area contributed by atoms with Crippen molar-refractivity contribution in [3.8, 4) is 0 Å². The number of hydrogen-bond acceptors (Lipinski definition) is 3. The molecule has 1 aromatic carbocycles. The molecule has 1 N–H and O–H groups in total. The number of benzene rings is 1. The van der Waals surface area contributed by atoms with Crippen LogP contribution in [-0.4, -0.2) is 44.7 Å². The molecule has 0 amide bonds. The third-order valence-corrected chi connectivity index (χ3v) is 4.80. The smallest absolute Gasteiger partial charge is 0.0511 e. The van der Waals surface area contributed by atoms with E-state index in [1.807, 2.05) is 0 Å². The molecule has 2 rings (SSSR count). The van der Waals surface area contributed by atoms with E-state index in [1.54, 1.807) is 0 Å². The minimum atomic E-state index is 0.642. The van der Waals surface area contributed by atoms with Gasteiger partial charge in [-0.3, -0.25) is 0 Å². The number of anilines is 1. The lowest BCUT2D eigenvalue weighted by atomic mass is 10.1. The van der Waals surface area contributed by atoms with Gasteiger partial charge in [-0.05, 0) is 60.2 Å². The Morgan fingerprint density at radius 3 is 2.65 bits per heavy atom. The zero-order valence-corrected chi connectivity index (χ0v) is 14.6. The molecule has 1 aliphatic heterocycles. The van der Waals surface area contributed by atoms with Crippen LogP contribution < -0.4 is 10.2 Å². The van der Waals surface area contributed by atoms with Crippen molar-refractivity contribution < 1.29 is 0 Å². The van der Waals surface area contributed by atoms with E-state index in [1.165, 1.54) is 15.7 Å². The molecule has 0 spiro atoms. The Hall–Kier alpha value is -0.580. The largest absolute Gasteiger partial charge is 0.369 e. The molecule has 1 fully saturated rings. The lowest BCUT2D eigenvalue weighted by Gasteiger charge is -2.23. The molecule has 0 saturated carbocycles. The van der Waals surface area contributed by atoms with Gasteiger partial charge < -0.3 is 15.1 Å². The second kappa shape index (κ2) is 6.92. The van der Waals surface area contributed by atoms with Crippen LogP contribution in [0.1, 0.15) is 19.4 Å². The average Bonchev–Trinajstić information content (AvgIpc) is 2.78. The standard InChI is InChI=1S/C16H26BrN3/c1-5-18-9-13-6-7-15(14(17)8-13)20-10-12(2)16(11-20)19(3)4/h6-8,12,16,18H,5,9-11H2,1-4H3. The van der Waals surface area contributed by atoms with Crippen molar-refractivity contribution in [3.63, 3.8) is 0 Å². The number of halogens is 1. The highest BCUT2D eigenvalue weighted by Gasteiger charge is 2.31. The van der Waals surface area contributed by atoms with E-state index < -0.39 is 0 Å². The fourth-order valence-electron chi connectivity index (χ4n) is 3.00. The predicted molar refractivity (Wildman–Crippen MR) is 90.4 cm³/mol. The summed E-state index contributed by atoms with van der Waals surface area (Å²) in [6.45, 7) is 8.67. The summed E-state index contributed by atoms with van der Waals surface area (Å²) in [5, 5.41) is 3.37. The molecule has 1 aliphatic rings. The van der Waals surface area contributed by atoms with Crippen molar-refractivity contribution in [1.29, 1.82) is 0 Å². The van der Waals surface area contributed by atoms with E-state index >= 15 is 0 Å². The number of nitrogens with zero attached hydrogens (tertiary/aromatic N) is 2. The molecule has 0 bridgehead atoms. The molecule has 1 heterocycles. The van der Waals surface area contributed by atoms with E-state index in [2.05, 4.69) is 77.2 Å². The number of likely N-dealkylation sites (N-methyl/N-ethyl adjacent to an activating group) is 1. The SMILES string of the molecule is CCNCc1ccc(N2CC(C)C(N(C)C)C2)c(Br)c1. The summed E-state index contributed by atoms with van der Waals surface area (Å²) in [4.78, 5) is 4.84. The highest BCUT2D eigenvalue weighted by atomic mass is 79.9. The normalized spacial score (nSPS) is 22.8. The van der Waals surface area contributed by atoms with Gasteiger partial charge in [0.2, 0.25) is 0 Å². The minimum absolute atomic E-state index is 0.642. The summed E-state index contributed by atoms with van der Waals surface area (Å²) in [7, 11) is 4.36. The van der Waals surface area contributed by atoms with Gasteiger partial charge in [-0.25, -0.2) is 0 Å². The summed E-state index contributed by atoms with van der Waals surface area (Å²) in [5.41, 5.74) is 2.65. The molecule has 1 saturated heterocycles. The lowest BCUT2D eigenvalue weighted by molar-refractivity contribution is 0.266. The van der Waals surface area contributed by atoms with Gasteiger partial charge in [-0.1, -0.05) is 19.9 Å². The summed E-state index contributed by atoms with van der Waals surface area (Å²) in [6.07, 6.45) is 0. The molecule has 4 heteroatoms. The predicted octanol–water partition coefficient (Wildman–Crippen LogP) is 2.94. The maximum absolute atomic E-state index is 3.74. The Kier molecular flexibility index (Phi) is 5.47. The molecule has 0 aromatic heterocycles. The summed E-state index contributed by atoms with van der Waals surface area (Å²) < 4.78 is 1.21. The van der Waals surface area contributed by atoms with Gasteiger partial charge in [0.05, 0.1) is 5.69 Å². The molecular formula is C16H26BrN3. The molecule has 2 unspecified atom stereocenters. The third-order valence-electron chi connectivity index (χ3n) is 4.17. The second-order valence-electron chi connectivity index (χ2n) is 5.98. The third kappa shape index (κ3) is 3.54. The molecule has 20 heavy (non-hydrogen) atoms. The molecule has 112 valence electrons. The zero-order valence-electron chi connectivity index (χ0n) is 13.0. The van der Waals surface area contributed by atoms with Crippen LogP contribution in [0.4, 0.5) is 5.69 Å². The van der Waals surface area contributed by atoms with E-state index in [0.717, 1.165) is 26.2 Å². The van der Waals surface area contributed by atoms with Gasteiger partial charge in [-0.2, -0.15) is 0 Å². The Labute approximate surface area is 131 Å². The van der Waals surface area contributed by atoms with Crippen LogP contribution in [0.15, 0.2) is 22.7 Å². The van der Waals surface area contributed by atoms with Gasteiger partial charge in [0.15, 0.2) is 0 Å². The van der Waals surface area contributed by atoms with Gasteiger partial charge in [-0.15, -0.1) is 0 Å². The maximum Gasteiger partial charge on any atom is 0.0511 e. The fourth-order valence-corrected chi connectivity index (χ4v) is 3.68. The van der Waals surface area contributed by atoms with Crippen LogP contribution in [-0.2, 0) is 6.54 Å². The van der Waals surface area contributed by atoms with Gasteiger partial charge in [0.1, 0.15) is 0 Å². The summed E-state index contributed by atoms with van der Waals surface area (Å²) >= 11 is 3.74. The van der Waals surface area contributed by atoms with Crippen LogP contribution in [0.2, 0.25) is 0 Å². The van der Waals surface area contributed by atoms with Crippen LogP contribution in [0.25, 0.3) is 0 Å². The maximum atomic E-state index is 3.74. The number of rotatable bonds is 5. The molecule has 2 atom stereocenters. The zero-order chi connectivity index (χ0) is 14.7. The van der Waals surface area contributed by atoms with Gasteiger partial charge in [0.25, 0.3) is 0 Å². The molecule has 0 radical (unpaired) electrons. The topological polar surface area (TPSA) is 18.5 Å². The highest BCUT2D eigenvalue weighted by Crippen LogP contribution is 2.32. The van der Waals surface area contributed by atoms with E-state index in [9.17, 15) is 0 Å². The quantitative estimate of drug-likeness (QED) is 0.889. The monoisotopic (exact) mass is 339 g/mol. The summed E-state index contributed by atoms with van der Waals surface area (Å²) in [6, 6.07) is 7.37. The molecular weight excluding hydrogens is 314 g/mol. The molecule has 3 nitrogen and oxygen atoms in total. The Balaban J connectivity index is 2.10. The first kappa shape index (κ1) is 15.8. The van der Waals surface area contributed by atoms with Gasteiger partial charge in [0, 0.05) is 30.1 Å².